The molecule has 0 aromatic carbocycles. The molecule has 5 nitrogen and oxygen atoms in total. The van der Waals surface area contributed by atoms with Crippen molar-refractivity contribution in [2.45, 2.75) is 47.1 Å². The Labute approximate surface area is 103 Å². The Bertz CT molecular complexity index is 298. The molecular formula is C12H23N3O2. The van der Waals surface area contributed by atoms with Crippen molar-refractivity contribution in [3.05, 3.63) is 11.8 Å². The van der Waals surface area contributed by atoms with Gasteiger partial charge in [-0.1, -0.05) is 20.8 Å². The highest BCUT2D eigenvalue weighted by atomic mass is 16.2. The van der Waals surface area contributed by atoms with Crippen molar-refractivity contribution in [3.63, 3.8) is 0 Å². The summed E-state index contributed by atoms with van der Waals surface area (Å²) in [6.45, 7) is 9.26. The minimum Gasteiger partial charge on any atom is -0.350 e. The molecule has 0 aliphatic carbocycles. The lowest BCUT2D eigenvalue weighted by molar-refractivity contribution is -0.125. The molecule has 0 fully saturated rings. The van der Waals surface area contributed by atoms with Gasteiger partial charge in [0.05, 0.1) is 0 Å². The van der Waals surface area contributed by atoms with Gasteiger partial charge in [-0.3, -0.25) is 15.0 Å². The highest BCUT2D eigenvalue weighted by molar-refractivity contribution is 5.88. The molecule has 1 atom stereocenters. The summed E-state index contributed by atoms with van der Waals surface area (Å²) in [5.74, 6) is -0.368. The van der Waals surface area contributed by atoms with E-state index >= 15 is 0 Å². The summed E-state index contributed by atoms with van der Waals surface area (Å²) in [6.07, 6.45) is 2.31. The normalized spacial score (nSPS) is 13.2. The van der Waals surface area contributed by atoms with Gasteiger partial charge in [0.25, 0.3) is 0 Å². The minimum atomic E-state index is -0.164. The summed E-state index contributed by atoms with van der Waals surface area (Å²) >= 11 is 0. The van der Waals surface area contributed by atoms with Crippen LogP contribution < -0.4 is 16.2 Å². The molecule has 98 valence electrons. The van der Waals surface area contributed by atoms with E-state index in [4.69, 9.17) is 0 Å². The minimum absolute atomic E-state index is 0.0933. The molecule has 0 saturated heterocycles. The van der Waals surface area contributed by atoms with Crippen molar-refractivity contribution in [3.8, 4) is 0 Å². The zero-order valence-electron chi connectivity index (χ0n) is 11.3. The number of carbonyl (C=O) groups excluding carboxylic acids is 2. The fourth-order valence-electron chi connectivity index (χ4n) is 0.924. The van der Waals surface area contributed by atoms with Gasteiger partial charge in [-0.15, -0.1) is 0 Å². The third-order valence-electron chi connectivity index (χ3n) is 2.26. The molecule has 0 aromatic heterocycles. The van der Waals surface area contributed by atoms with Crippen LogP contribution in [0, 0.1) is 5.92 Å². The number of hydrazine groups is 1. The van der Waals surface area contributed by atoms with Crippen molar-refractivity contribution in [1.82, 2.24) is 16.2 Å². The highest BCUT2D eigenvalue weighted by Gasteiger charge is 2.06. The first-order valence-corrected chi connectivity index (χ1v) is 5.91. The fraction of sp³-hybridized carbons (Fsp3) is 0.667. The van der Waals surface area contributed by atoms with Crippen LogP contribution in [-0.2, 0) is 9.59 Å². The van der Waals surface area contributed by atoms with Crippen LogP contribution in [0.4, 0.5) is 0 Å². The van der Waals surface area contributed by atoms with Crippen LogP contribution in [0.1, 0.15) is 41.0 Å². The van der Waals surface area contributed by atoms with Crippen LogP contribution in [0.3, 0.4) is 0 Å². The van der Waals surface area contributed by atoms with E-state index in [2.05, 4.69) is 16.2 Å². The maximum atomic E-state index is 11.5. The average molecular weight is 241 g/mol. The van der Waals surface area contributed by atoms with E-state index < -0.39 is 0 Å². The summed E-state index contributed by atoms with van der Waals surface area (Å²) in [6, 6.07) is 0.150. The number of allylic oxidation sites excluding steroid dienone is 1. The largest absolute Gasteiger partial charge is 0.350 e. The summed E-state index contributed by atoms with van der Waals surface area (Å²) in [5.41, 5.74) is 5.80. The number of rotatable bonds is 6. The summed E-state index contributed by atoms with van der Waals surface area (Å²) < 4.78 is 0. The number of carbonyl (C=O) groups is 2. The van der Waals surface area contributed by atoms with Crippen LogP contribution in [-0.4, -0.2) is 17.9 Å². The zero-order valence-corrected chi connectivity index (χ0v) is 11.3. The Morgan fingerprint density at radius 1 is 1.18 bits per heavy atom. The van der Waals surface area contributed by atoms with E-state index in [1.54, 1.807) is 20.8 Å². The Morgan fingerprint density at radius 2 is 1.76 bits per heavy atom. The Kier molecular flexibility index (Phi) is 7.02. The molecule has 0 rings (SSSR count). The van der Waals surface area contributed by atoms with Gasteiger partial charge in [-0.05, 0) is 20.3 Å². The Balaban J connectivity index is 4.09. The molecule has 0 aliphatic heterocycles. The average Bonchev–Trinajstić information content (AvgIpc) is 2.25. The first-order valence-electron chi connectivity index (χ1n) is 5.91. The third-order valence-corrected chi connectivity index (χ3v) is 2.26. The lowest BCUT2D eigenvalue weighted by Gasteiger charge is -2.12. The second-order valence-electron chi connectivity index (χ2n) is 4.41. The molecule has 0 aliphatic rings. The molecule has 3 N–H and O–H groups in total. The number of hydrogen-bond donors (Lipinski definition) is 3. The standard InChI is InChI=1S/C12H23N3O2/c1-6-9(4)13-11(16)7-10(5)14-15-12(17)8(2)3/h7-9,14H,6H2,1-5H3,(H,13,16)(H,15,17). The summed E-state index contributed by atoms with van der Waals surface area (Å²) in [5, 5.41) is 2.80. The second kappa shape index (κ2) is 7.70. The van der Waals surface area contributed by atoms with Crippen LogP contribution in [0.2, 0.25) is 0 Å². The van der Waals surface area contributed by atoms with Gasteiger partial charge < -0.3 is 10.7 Å². The van der Waals surface area contributed by atoms with E-state index in [0.29, 0.717) is 5.70 Å². The van der Waals surface area contributed by atoms with E-state index in [0.717, 1.165) is 6.42 Å². The first kappa shape index (κ1) is 15.5. The van der Waals surface area contributed by atoms with Crippen molar-refractivity contribution in [2.75, 3.05) is 0 Å². The molecule has 0 radical (unpaired) electrons. The van der Waals surface area contributed by atoms with E-state index in [9.17, 15) is 9.59 Å². The van der Waals surface area contributed by atoms with Crippen molar-refractivity contribution >= 4 is 11.8 Å². The van der Waals surface area contributed by atoms with Crippen LogP contribution in [0.25, 0.3) is 0 Å². The molecule has 2 amide bonds. The molecule has 17 heavy (non-hydrogen) atoms. The molecule has 1 unspecified atom stereocenters. The monoisotopic (exact) mass is 241 g/mol. The lowest BCUT2D eigenvalue weighted by atomic mass is 10.2. The molecule has 0 saturated carbocycles. The predicted octanol–water partition coefficient (Wildman–Crippen LogP) is 1.08. The van der Waals surface area contributed by atoms with Crippen LogP contribution in [0.5, 0.6) is 0 Å². The SMILES string of the molecule is CCC(C)NC(=O)C=C(C)NNC(=O)C(C)C. The molecule has 0 heterocycles. The lowest BCUT2D eigenvalue weighted by Crippen LogP contribution is -2.39. The number of nitrogens with one attached hydrogen (secondary N) is 3. The van der Waals surface area contributed by atoms with E-state index in [1.165, 1.54) is 6.08 Å². The van der Waals surface area contributed by atoms with Crippen molar-refractivity contribution in [2.24, 2.45) is 5.92 Å². The highest BCUT2D eigenvalue weighted by Crippen LogP contribution is 1.92. The van der Waals surface area contributed by atoms with Gasteiger partial charge in [0, 0.05) is 23.7 Å². The maximum absolute atomic E-state index is 11.5. The predicted molar refractivity (Wildman–Crippen MR) is 67.8 cm³/mol. The molecule has 0 bridgehead atoms. The molecule has 0 spiro atoms. The topological polar surface area (TPSA) is 70.2 Å². The third kappa shape index (κ3) is 7.38. The van der Waals surface area contributed by atoms with E-state index in [-0.39, 0.29) is 23.8 Å². The first-order chi connectivity index (χ1) is 7.86. The van der Waals surface area contributed by atoms with Gasteiger partial charge in [-0.25, -0.2) is 0 Å². The second-order valence-corrected chi connectivity index (χ2v) is 4.41. The van der Waals surface area contributed by atoms with E-state index in [1.807, 2.05) is 13.8 Å². The summed E-state index contributed by atoms with van der Waals surface area (Å²) in [4.78, 5) is 22.7. The molecule has 0 aromatic rings. The molecule has 5 heteroatoms. The smallest absolute Gasteiger partial charge is 0.245 e. The van der Waals surface area contributed by atoms with Gasteiger partial charge >= 0.3 is 0 Å². The molecular weight excluding hydrogens is 218 g/mol. The number of hydrogen-bond acceptors (Lipinski definition) is 3. The number of amides is 2. The zero-order chi connectivity index (χ0) is 13.4. The van der Waals surface area contributed by atoms with Crippen LogP contribution in [0.15, 0.2) is 11.8 Å². The van der Waals surface area contributed by atoms with Gasteiger partial charge in [0.2, 0.25) is 11.8 Å². The fourth-order valence-corrected chi connectivity index (χ4v) is 0.924. The van der Waals surface area contributed by atoms with Gasteiger partial charge in [-0.2, -0.15) is 0 Å². The quantitative estimate of drug-likeness (QED) is 0.481. The maximum Gasteiger partial charge on any atom is 0.245 e. The van der Waals surface area contributed by atoms with Gasteiger partial charge in [0.1, 0.15) is 0 Å². The van der Waals surface area contributed by atoms with Crippen LogP contribution >= 0.6 is 0 Å². The Morgan fingerprint density at radius 3 is 2.24 bits per heavy atom. The van der Waals surface area contributed by atoms with Gasteiger partial charge in [0.15, 0.2) is 0 Å². The van der Waals surface area contributed by atoms with Crippen molar-refractivity contribution < 1.29 is 9.59 Å². The van der Waals surface area contributed by atoms with Crippen molar-refractivity contribution in [1.29, 1.82) is 0 Å². The Hall–Kier alpha value is -1.52. The summed E-state index contributed by atoms with van der Waals surface area (Å²) in [7, 11) is 0.